The Morgan fingerprint density at radius 3 is 2.64 bits per heavy atom. The number of amides is 1. The van der Waals surface area contributed by atoms with E-state index in [1.807, 2.05) is 0 Å². The molecule has 2 N–H and O–H groups in total. The Morgan fingerprint density at radius 2 is 1.92 bits per heavy atom. The lowest BCUT2D eigenvalue weighted by Crippen LogP contribution is -2.42. The molecule has 8 nitrogen and oxygen atoms in total. The Bertz CT molecular complexity index is 1240. The van der Waals surface area contributed by atoms with Crippen LogP contribution in [0.3, 0.4) is 0 Å². The van der Waals surface area contributed by atoms with Crippen molar-refractivity contribution in [3.8, 4) is 17.2 Å². The number of rotatable bonds is 10. The topological polar surface area (TPSA) is 123 Å². The van der Waals surface area contributed by atoms with Gasteiger partial charge in [0, 0.05) is 55.7 Å². The van der Waals surface area contributed by atoms with Crippen molar-refractivity contribution < 1.29 is 23.9 Å². The van der Waals surface area contributed by atoms with Crippen LogP contribution >= 0.6 is 0 Å². The molecule has 0 unspecified atom stereocenters. The number of nitriles is 1. The van der Waals surface area contributed by atoms with Crippen molar-refractivity contribution in [2.75, 3.05) is 26.2 Å². The van der Waals surface area contributed by atoms with Crippen LogP contribution in [-0.2, 0) is 14.4 Å². The highest BCUT2D eigenvalue weighted by Crippen LogP contribution is 2.31. The van der Waals surface area contributed by atoms with E-state index >= 15 is 0 Å². The number of Topliss-reactive ketones (excluding diaryl/α,β-unsaturated/α-hetero) is 1. The van der Waals surface area contributed by atoms with Crippen molar-refractivity contribution in [3.63, 3.8) is 0 Å². The number of carboxylic acid groups (broad SMARTS) is 1. The Morgan fingerprint density at radius 1 is 1.13 bits per heavy atom. The number of aromatic nitrogens is 1. The van der Waals surface area contributed by atoms with E-state index in [-0.39, 0.29) is 36.0 Å². The Hall–Kier alpha value is -3.64. The molecule has 2 saturated heterocycles. The number of carbonyl (C=O) groups is 3. The molecule has 39 heavy (non-hydrogen) atoms. The first kappa shape index (κ1) is 28.4. The zero-order valence-corrected chi connectivity index (χ0v) is 22.1. The number of benzene rings is 1. The zero-order chi connectivity index (χ0) is 27.8. The van der Waals surface area contributed by atoms with Gasteiger partial charge >= 0.3 is 5.97 Å². The first-order valence-electron chi connectivity index (χ1n) is 13.7. The summed E-state index contributed by atoms with van der Waals surface area (Å²) < 4.78 is 14.2. The smallest absolute Gasteiger partial charge is 0.303 e. The molecule has 1 amide bonds. The van der Waals surface area contributed by atoms with E-state index in [1.54, 1.807) is 35.5 Å². The number of nitrogens with zero attached hydrogens (tertiary/aromatic N) is 3. The van der Waals surface area contributed by atoms with E-state index in [0.29, 0.717) is 48.5 Å². The van der Waals surface area contributed by atoms with Gasteiger partial charge in [-0.25, -0.2) is 4.39 Å². The predicted molar refractivity (Wildman–Crippen MR) is 143 cm³/mol. The normalized spacial score (nSPS) is 18.8. The second-order valence-corrected chi connectivity index (χ2v) is 10.7. The maximum atomic E-state index is 14.2. The van der Waals surface area contributed by atoms with E-state index in [2.05, 4.69) is 10.3 Å². The lowest BCUT2D eigenvalue weighted by atomic mass is 9.84. The van der Waals surface area contributed by atoms with E-state index in [4.69, 9.17) is 5.26 Å². The number of carbonyl (C=O) groups excluding carboxylic acids is 2. The van der Waals surface area contributed by atoms with E-state index in [0.717, 1.165) is 38.8 Å². The molecule has 0 spiro atoms. The number of pyridine rings is 1. The fraction of sp³-hybridized carbons (Fsp3) is 0.500. The monoisotopic (exact) mass is 533 g/mol. The molecule has 0 bridgehead atoms. The summed E-state index contributed by atoms with van der Waals surface area (Å²) in [5, 5.41) is 21.9. The number of halogens is 1. The first-order valence-corrected chi connectivity index (χ1v) is 13.7. The fourth-order valence-electron chi connectivity index (χ4n) is 5.67. The summed E-state index contributed by atoms with van der Waals surface area (Å²) in [6, 6.07) is 7.76. The first-order chi connectivity index (χ1) is 18.8. The standard InChI is InChI=1S/C30H35FN4O4/c31-27-13-21(4-5-22(27)16-32)25-12-26(18-34-17-25)24(15-30(38)39)14-28(36)23-2-1-11-35(19-23)29(37)6-3-20-7-9-33-10-8-20/h4-5,12-13,17-18,20,23-24,33H,1-3,6-11,14-15,19H2,(H,38,39)/t23-,24+/m1/s1/i31-1. The average Bonchev–Trinajstić information content (AvgIpc) is 2.96. The molecule has 1 aromatic carbocycles. The Kier molecular flexibility index (Phi) is 9.77. The fourth-order valence-corrected chi connectivity index (χ4v) is 5.67. The molecule has 2 atom stereocenters. The van der Waals surface area contributed by atoms with Gasteiger partial charge in [-0.2, -0.15) is 5.26 Å². The quantitative estimate of drug-likeness (QED) is 0.467. The van der Waals surface area contributed by atoms with Crippen molar-refractivity contribution in [1.82, 2.24) is 15.2 Å². The van der Waals surface area contributed by atoms with Gasteiger partial charge in [-0.3, -0.25) is 19.4 Å². The number of ketones is 1. The highest BCUT2D eigenvalue weighted by Gasteiger charge is 2.31. The Balaban J connectivity index is 1.42. The van der Waals surface area contributed by atoms with Gasteiger partial charge in [0.1, 0.15) is 17.7 Å². The molecule has 2 aliphatic rings. The van der Waals surface area contributed by atoms with Gasteiger partial charge in [0.2, 0.25) is 5.91 Å². The maximum Gasteiger partial charge on any atom is 0.303 e. The third-order valence-electron chi connectivity index (χ3n) is 7.98. The van der Waals surface area contributed by atoms with Crippen LogP contribution in [-0.4, -0.2) is 58.8 Å². The van der Waals surface area contributed by atoms with Crippen LogP contribution in [0.2, 0.25) is 0 Å². The molecule has 0 saturated carbocycles. The third kappa shape index (κ3) is 7.70. The molecule has 2 fully saturated rings. The SMILES string of the molecule is N#Cc1ccc(-c2cncc([C@H](CC(=O)O)CC(=O)[C@@H]3CCCN(C(=O)CCC4CCNCC4)C3)c2)cc1[18F]. The summed E-state index contributed by atoms with van der Waals surface area (Å²) >= 11 is 0. The number of likely N-dealkylation sites (tertiary alicyclic amines) is 1. The van der Waals surface area contributed by atoms with Crippen LogP contribution < -0.4 is 5.32 Å². The summed E-state index contributed by atoms with van der Waals surface area (Å²) in [5.74, 6) is -1.98. The van der Waals surface area contributed by atoms with Gasteiger partial charge in [-0.15, -0.1) is 0 Å². The van der Waals surface area contributed by atoms with Crippen LogP contribution in [0.1, 0.15) is 68.4 Å². The lowest BCUT2D eigenvalue weighted by Gasteiger charge is -2.33. The maximum absolute atomic E-state index is 14.2. The van der Waals surface area contributed by atoms with Crippen molar-refractivity contribution in [2.24, 2.45) is 11.8 Å². The summed E-state index contributed by atoms with van der Waals surface area (Å²) in [4.78, 5) is 44.0. The van der Waals surface area contributed by atoms with Gasteiger partial charge in [-0.05, 0) is 80.4 Å². The predicted octanol–water partition coefficient (Wildman–Crippen LogP) is 4.30. The van der Waals surface area contributed by atoms with Crippen molar-refractivity contribution in [2.45, 2.75) is 57.3 Å². The number of aliphatic carboxylic acids is 1. The number of hydrogen-bond acceptors (Lipinski definition) is 6. The molecule has 3 heterocycles. The number of carboxylic acids is 1. The number of piperidine rings is 2. The third-order valence-corrected chi connectivity index (χ3v) is 7.98. The molecular formula is C30H35FN4O4. The van der Waals surface area contributed by atoms with Crippen molar-refractivity contribution in [1.29, 1.82) is 5.26 Å². The van der Waals surface area contributed by atoms with Gasteiger partial charge < -0.3 is 15.3 Å². The van der Waals surface area contributed by atoms with Crippen LogP contribution in [0.15, 0.2) is 36.7 Å². The highest BCUT2D eigenvalue weighted by atomic mass is 18.2. The van der Waals surface area contributed by atoms with E-state index in [1.165, 1.54) is 12.1 Å². The number of hydrogen-bond donors (Lipinski definition) is 2. The van der Waals surface area contributed by atoms with Crippen LogP contribution in [0, 0.1) is 29.0 Å². The van der Waals surface area contributed by atoms with Crippen LogP contribution in [0.25, 0.3) is 11.1 Å². The summed E-state index contributed by atoms with van der Waals surface area (Å²) in [6.07, 6.45) is 7.86. The second kappa shape index (κ2) is 13.4. The van der Waals surface area contributed by atoms with Gasteiger partial charge in [0.15, 0.2) is 0 Å². The number of nitrogens with one attached hydrogen (secondary N) is 1. The molecule has 0 radical (unpaired) electrons. The average molecular weight is 534 g/mol. The molecule has 2 aromatic rings. The molecule has 0 aliphatic carbocycles. The summed E-state index contributed by atoms with van der Waals surface area (Å²) in [7, 11) is 0. The molecule has 1 aromatic heterocycles. The molecular weight excluding hydrogens is 498 g/mol. The van der Waals surface area contributed by atoms with Crippen molar-refractivity contribution >= 4 is 17.7 Å². The molecule has 2 aliphatic heterocycles. The minimum atomic E-state index is -1.03. The molecule has 4 rings (SSSR count). The van der Waals surface area contributed by atoms with Crippen molar-refractivity contribution in [3.05, 3.63) is 53.6 Å². The van der Waals surface area contributed by atoms with E-state index in [9.17, 15) is 23.9 Å². The summed E-state index contributed by atoms with van der Waals surface area (Å²) in [5.41, 5.74) is 1.59. The Labute approximate surface area is 228 Å². The van der Waals surface area contributed by atoms with Gasteiger partial charge in [-0.1, -0.05) is 6.07 Å². The van der Waals surface area contributed by atoms with Crippen LogP contribution in [0.5, 0.6) is 0 Å². The second-order valence-electron chi connectivity index (χ2n) is 10.7. The van der Waals surface area contributed by atoms with Crippen LogP contribution in [0.4, 0.5) is 4.39 Å². The molecule has 206 valence electrons. The zero-order valence-electron chi connectivity index (χ0n) is 22.1. The van der Waals surface area contributed by atoms with E-state index < -0.39 is 17.7 Å². The summed E-state index contributed by atoms with van der Waals surface area (Å²) in [6.45, 7) is 3.03. The largest absolute Gasteiger partial charge is 0.481 e. The van der Waals surface area contributed by atoms with Gasteiger partial charge in [0.05, 0.1) is 12.0 Å². The highest BCUT2D eigenvalue weighted by molar-refractivity contribution is 5.84. The molecule has 9 heteroatoms. The lowest BCUT2D eigenvalue weighted by molar-refractivity contribution is -0.137. The minimum Gasteiger partial charge on any atom is -0.481 e. The minimum absolute atomic E-state index is 0.0287. The van der Waals surface area contributed by atoms with Gasteiger partial charge in [0.25, 0.3) is 0 Å².